The summed E-state index contributed by atoms with van der Waals surface area (Å²) in [6.45, 7) is 1.20. The molecule has 0 aliphatic carbocycles. The number of nitrogens with zero attached hydrogens (tertiary/aromatic N) is 2. The Labute approximate surface area is 217 Å². The van der Waals surface area contributed by atoms with Gasteiger partial charge < -0.3 is 19.7 Å². The summed E-state index contributed by atoms with van der Waals surface area (Å²) in [6, 6.07) is 20.6. The number of carbonyl (C=O) groups is 2. The van der Waals surface area contributed by atoms with Gasteiger partial charge in [-0.25, -0.2) is 8.42 Å². The lowest BCUT2D eigenvalue weighted by molar-refractivity contribution is -0.139. The van der Waals surface area contributed by atoms with E-state index in [-0.39, 0.29) is 17.3 Å². The van der Waals surface area contributed by atoms with Crippen molar-refractivity contribution in [2.45, 2.75) is 24.4 Å². The summed E-state index contributed by atoms with van der Waals surface area (Å²) in [7, 11) is 0.403. The molecule has 196 valence electrons. The predicted molar refractivity (Wildman–Crippen MR) is 141 cm³/mol. The summed E-state index contributed by atoms with van der Waals surface area (Å²) in [4.78, 5) is 27.6. The largest absolute Gasteiger partial charge is 0.497 e. The fourth-order valence-electron chi connectivity index (χ4n) is 3.72. The van der Waals surface area contributed by atoms with Gasteiger partial charge in [0.05, 0.1) is 24.8 Å². The van der Waals surface area contributed by atoms with Crippen LogP contribution >= 0.6 is 0 Å². The van der Waals surface area contributed by atoms with Crippen molar-refractivity contribution in [2.75, 3.05) is 32.1 Å². The van der Waals surface area contributed by atoms with Crippen LogP contribution in [-0.2, 0) is 26.2 Å². The summed E-state index contributed by atoms with van der Waals surface area (Å²) in [5.74, 6) is 0.257. The van der Waals surface area contributed by atoms with Crippen molar-refractivity contribution in [3.05, 3.63) is 84.4 Å². The van der Waals surface area contributed by atoms with Crippen LogP contribution in [-0.4, -0.2) is 59.0 Å². The fourth-order valence-corrected chi connectivity index (χ4v) is 5.13. The lowest BCUT2D eigenvalue weighted by atomic mass is 10.1. The van der Waals surface area contributed by atoms with Crippen LogP contribution < -0.4 is 19.1 Å². The molecule has 3 aromatic carbocycles. The Kier molecular flexibility index (Phi) is 9.13. The van der Waals surface area contributed by atoms with E-state index in [9.17, 15) is 18.0 Å². The Hall–Kier alpha value is -4.05. The highest BCUT2D eigenvalue weighted by Gasteiger charge is 2.32. The summed E-state index contributed by atoms with van der Waals surface area (Å²) in [5, 5.41) is 2.56. The number of hydrogen-bond donors (Lipinski definition) is 1. The molecule has 0 bridgehead atoms. The number of likely N-dealkylation sites (N-methyl/N-ethyl adjacent to an activating group) is 1. The molecular formula is C27H31N3O6S. The number of carbonyl (C=O) groups excluding carboxylic acids is 2. The van der Waals surface area contributed by atoms with E-state index < -0.39 is 28.5 Å². The van der Waals surface area contributed by atoms with Crippen molar-refractivity contribution in [3.8, 4) is 11.5 Å². The lowest BCUT2D eigenvalue weighted by Crippen LogP contribution is -2.50. The van der Waals surface area contributed by atoms with Gasteiger partial charge in [0.2, 0.25) is 11.8 Å². The number of ether oxygens (including phenoxy) is 2. The zero-order valence-corrected chi connectivity index (χ0v) is 22.1. The third kappa shape index (κ3) is 6.59. The van der Waals surface area contributed by atoms with Gasteiger partial charge in [-0.05, 0) is 61.0 Å². The molecule has 0 saturated heterocycles. The van der Waals surface area contributed by atoms with Crippen molar-refractivity contribution in [1.82, 2.24) is 10.2 Å². The summed E-state index contributed by atoms with van der Waals surface area (Å²) in [5.41, 5.74) is 1.08. The maximum absolute atomic E-state index is 13.7. The summed E-state index contributed by atoms with van der Waals surface area (Å²) in [6.07, 6.45) is 0. The van der Waals surface area contributed by atoms with Crippen LogP contribution in [0.5, 0.6) is 11.5 Å². The SMILES string of the molecule is CNC(=O)[C@@H](C)N(Cc1ccc(OC)cc1)C(=O)CN(c1ccccc1)S(=O)(=O)c1ccc(OC)cc1. The first-order valence-corrected chi connectivity index (χ1v) is 13.0. The minimum absolute atomic E-state index is 0.00556. The third-order valence-corrected chi connectivity index (χ3v) is 7.68. The van der Waals surface area contributed by atoms with E-state index >= 15 is 0 Å². The predicted octanol–water partition coefficient (Wildman–Crippen LogP) is 3.06. The lowest BCUT2D eigenvalue weighted by Gasteiger charge is -2.31. The second-order valence-corrected chi connectivity index (χ2v) is 10.0. The molecule has 0 unspecified atom stereocenters. The van der Waals surface area contributed by atoms with E-state index in [1.54, 1.807) is 80.8 Å². The minimum Gasteiger partial charge on any atom is -0.497 e. The molecule has 0 aromatic heterocycles. The Morgan fingerprint density at radius 2 is 1.41 bits per heavy atom. The van der Waals surface area contributed by atoms with E-state index in [0.29, 0.717) is 17.2 Å². The van der Waals surface area contributed by atoms with Gasteiger partial charge in [-0.1, -0.05) is 30.3 Å². The molecule has 0 aliphatic heterocycles. The summed E-state index contributed by atoms with van der Waals surface area (Å²) < 4.78 is 38.8. The second-order valence-electron chi connectivity index (χ2n) is 8.18. The van der Waals surface area contributed by atoms with E-state index in [0.717, 1.165) is 9.87 Å². The Morgan fingerprint density at radius 1 is 0.865 bits per heavy atom. The maximum atomic E-state index is 13.7. The quantitative estimate of drug-likeness (QED) is 0.413. The van der Waals surface area contributed by atoms with Crippen LogP contribution in [0.1, 0.15) is 12.5 Å². The number of nitrogens with one attached hydrogen (secondary N) is 1. The van der Waals surface area contributed by atoms with Gasteiger partial charge in [-0.15, -0.1) is 0 Å². The molecule has 3 aromatic rings. The number of hydrogen-bond acceptors (Lipinski definition) is 6. The van der Waals surface area contributed by atoms with Gasteiger partial charge in [0.1, 0.15) is 24.1 Å². The minimum atomic E-state index is -4.13. The van der Waals surface area contributed by atoms with E-state index in [1.807, 2.05) is 0 Å². The fraction of sp³-hybridized carbons (Fsp3) is 0.259. The molecular weight excluding hydrogens is 494 g/mol. The number of rotatable bonds is 11. The number of benzene rings is 3. The molecule has 1 N–H and O–H groups in total. The van der Waals surface area contributed by atoms with Gasteiger partial charge in [0.15, 0.2) is 0 Å². The molecule has 0 heterocycles. The molecule has 0 aliphatic rings. The van der Waals surface area contributed by atoms with Crippen molar-refractivity contribution in [1.29, 1.82) is 0 Å². The van der Waals surface area contributed by atoms with Crippen LogP contribution in [0.3, 0.4) is 0 Å². The maximum Gasteiger partial charge on any atom is 0.264 e. The van der Waals surface area contributed by atoms with E-state index in [1.165, 1.54) is 31.2 Å². The molecule has 0 spiro atoms. The van der Waals surface area contributed by atoms with Crippen molar-refractivity contribution < 1.29 is 27.5 Å². The normalized spacial score (nSPS) is 11.8. The molecule has 0 radical (unpaired) electrons. The second kappa shape index (κ2) is 12.3. The first-order valence-electron chi connectivity index (χ1n) is 11.6. The smallest absolute Gasteiger partial charge is 0.264 e. The average molecular weight is 526 g/mol. The zero-order valence-electron chi connectivity index (χ0n) is 21.2. The summed E-state index contributed by atoms with van der Waals surface area (Å²) >= 11 is 0. The van der Waals surface area contributed by atoms with E-state index in [4.69, 9.17) is 9.47 Å². The Balaban J connectivity index is 1.98. The Morgan fingerprint density at radius 3 is 1.92 bits per heavy atom. The van der Waals surface area contributed by atoms with Gasteiger partial charge in [-0.2, -0.15) is 0 Å². The first kappa shape index (κ1) is 27.5. The number of methoxy groups -OCH3 is 2. The number of amides is 2. The molecule has 9 nitrogen and oxygen atoms in total. The van der Waals surface area contributed by atoms with Crippen molar-refractivity contribution in [2.24, 2.45) is 0 Å². The molecule has 0 fully saturated rings. The van der Waals surface area contributed by atoms with Crippen LogP contribution in [0.15, 0.2) is 83.8 Å². The molecule has 1 atom stereocenters. The van der Waals surface area contributed by atoms with Gasteiger partial charge in [-0.3, -0.25) is 13.9 Å². The van der Waals surface area contributed by atoms with Gasteiger partial charge >= 0.3 is 0 Å². The molecule has 0 saturated carbocycles. The number of para-hydroxylation sites is 1. The highest BCUT2D eigenvalue weighted by molar-refractivity contribution is 7.92. The monoisotopic (exact) mass is 525 g/mol. The van der Waals surface area contributed by atoms with Gasteiger partial charge in [0.25, 0.3) is 10.0 Å². The third-order valence-electron chi connectivity index (χ3n) is 5.90. The van der Waals surface area contributed by atoms with Crippen molar-refractivity contribution >= 4 is 27.5 Å². The number of sulfonamides is 1. The first-order chi connectivity index (χ1) is 17.7. The standard InChI is InChI=1S/C27H31N3O6S/c1-20(27(32)28-2)29(18-21-10-12-23(35-3)13-11-21)26(31)19-30(22-8-6-5-7-9-22)37(33,34)25-16-14-24(36-4)15-17-25/h5-17,20H,18-19H2,1-4H3,(H,28,32)/t20-/m1/s1. The molecule has 2 amide bonds. The highest BCUT2D eigenvalue weighted by atomic mass is 32.2. The van der Waals surface area contributed by atoms with E-state index in [2.05, 4.69) is 5.32 Å². The topological polar surface area (TPSA) is 105 Å². The zero-order chi connectivity index (χ0) is 27.0. The van der Waals surface area contributed by atoms with Crippen LogP contribution in [0.2, 0.25) is 0 Å². The molecule has 3 rings (SSSR count). The van der Waals surface area contributed by atoms with Gasteiger partial charge in [0, 0.05) is 13.6 Å². The molecule has 37 heavy (non-hydrogen) atoms. The van der Waals surface area contributed by atoms with Crippen LogP contribution in [0.25, 0.3) is 0 Å². The average Bonchev–Trinajstić information content (AvgIpc) is 2.94. The number of anilines is 1. The highest BCUT2D eigenvalue weighted by Crippen LogP contribution is 2.26. The molecule has 10 heteroatoms. The Bertz CT molecular complexity index is 1300. The van der Waals surface area contributed by atoms with Crippen LogP contribution in [0, 0.1) is 0 Å². The van der Waals surface area contributed by atoms with Crippen molar-refractivity contribution in [3.63, 3.8) is 0 Å². The van der Waals surface area contributed by atoms with Crippen LogP contribution in [0.4, 0.5) is 5.69 Å².